The molecule has 3 atom stereocenters. The lowest BCUT2D eigenvalue weighted by molar-refractivity contribution is -0.132. The monoisotopic (exact) mass is 164 g/mol. The number of carbonyl (C=O) groups is 1. The summed E-state index contributed by atoms with van der Waals surface area (Å²) >= 11 is 0. The van der Waals surface area contributed by atoms with Gasteiger partial charge in [0.05, 0.1) is 6.61 Å². The van der Waals surface area contributed by atoms with Crippen LogP contribution in [0.1, 0.15) is 0 Å². The van der Waals surface area contributed by atoms with E-state index in [0.717, 1.165) is 0 Å². The molecule has 0 saturated carbocycles. The van der Waals surface area contributed by atoms with Crippen molar-refractivity contribution in [3.63, 3.8) is 0 Å². The molecule has 0 spiro atoms. The summed E-state index contributed by atoms with van der Waals surface area (Å²) in [5, 5.41) is 26.2. The summed E-state index contributed by atoms with van der Waals surface area (Å²) < 4.78 is 4.56. The number of hydrogen-bond donors (Lipinski definition) is 3. The molecule has 0 unspecified atom stereocenters. The number of ether oxygens (including phenoxy) is 1. The zero-order valence-corrected chi connectivity index (χ0v) is 6.17. The molecule has 0 aliphatic rings. The molecular formula is C6H12O5. The summed E-state index contributed by atoms with van der Waals surface area (Å²) in [5.74, 6) is 0. The number of aliphatic hydroxyl groups excluding tert-OH is 3. The Morgan fingerprint density at radius 3 is 2.36 bits per heavy atom. The lowest BCUT2D eigenvalue weighted by Crippen LogP contribution is -2.41. The van der Waals surface area contributed by atoms with Gasteiger partial charge in [0, 0.05) is 7.11 Å². The maximum absolute atomic E-state index is 10.0. The van der Waals surface area contributed by atoms with Crippen LogP contribution in [0.5, 0.6) is 0 Å². The van der Waals surface area contributed by atoms with Crippen LogP contribution in [0, 0.1) is 0 Å². The SMILES string of the molecule is CO[C@@H]([C@H](O)CO)[C@@H](O)C=O. The standard InChI is InChI=1S/C6H12O5/c1-11-6(4(9)2-7)5(10)3-8/h2,4-6,8-10H,3H2,1H3/t4-,5+,6+/m0/s1. The lowest BCUT2D eigenvalue weighted by atomic mass is 10.1. The number of carbonyl (C=O) groups excluding carboxylic acids is 1. The summed E-state index contributed by atoms with van der Waals surface area (Å²) in [5.41, 5.74) is 0. The van der Waals surface area contributed by atoms with E-state index < -0.39 is 24.9 Å². The average Bonchev–Trinajstić information content (AvgIpc) is 2.05. The highest BCUT2D eigenvalue weighted by atomic mass is 16.5. The highest BCUT2D eigenvalue weighted by Gasteiger charge is 2.25. The molecule has 5 heteroatoms. The third kappa shape index (κ3) is 2.94. The quantitative estimate of drug-likeness (QED) is 0.406. The number of aldehydes is 1. The molecule has 0 aromatic carbocycles. The van der Waals surface area contributed by atoms with Crippen molar-refractivity contribution in [1.29, 1.82) is 0 Å². The molecule has 0 amide bonds. The van der Waals surface area contributed by atoms with E-state index in [1.807, 2.05) is 0 Å². The Bertz CT molecular complexity index is 116. The minimum Gasteiger partial charge on any atom is -0.394 e. The van der Waals surface area contributed by atoms with Gasteiger partial charge in [0.15, 0.2) is 6.29 Å². The molecule has 0 rings (SSSR count). The lowest BCUT2D eigenvalue weighted by Gasteiger charge is -2.21. The molecule has 0 heterocycles. The van der Waals surface area contributed by atoms with Crippen molar-refractivity contribution in [3.05, 3.63) is 0 Å². The van der Waals surface area contributed by atoms with Crippen LogP contribution in [0.2, 0.25) is 0 Å². The van der Waals surface area contributed by atoms with E-state index in [1.54, 1.807) is 0 Å². The van der Waals surface area contributed by atoms with Gasteiger partial charge in [-0.15, -0.1) is 0 Å². The molecule has 0 saturated heterocycles. The fourth-order valence-electron chi connectivity index (χ4n) is 0.705. The Labute approximate surface area is 64.2 Å². The molecule has 3 N–H and O–H groups in total. The number of hydrogen-bond acceptors (Lipinski definition) is 5. The van der Waals surface area contributed by atoms with Gasteiger partial charge in [-0.2, -0.15) is 0 Å². The molecular weight excluding hydrogens is 152 g/mol. The number of aliphatic hydroxyl groups is 3. The molecule has 0 aliphatic heterocycles. The first kappa shape index (κ1) is 10.5. The zero-order valence-electron chi connectivity index (χ0n) is 6.17. The van der Waals surface area contributed by atoms with Gasteiger partial charge in [-0.1, -0.05) is 0 Å². The van der Waals surface area contributed by atoms with Gasteiger partial charge in [-0.25, -0.2) is 0 Å². The van der Waals surface area contributed by atoms with Crippen LogP contribution in [0.25, 0.3) is 0 Å². The summed E-state index contributed by atoms with van der Waals surface area (Å²) in [6, 6.07) is 0. The normalized spacial score (nSPS) is 18.9. The number of rotatable bonds is 5. The summed E-state index contributed by atoms with van der Waals surface area (Å²) in [4.78, 5) is 10.0. The summed E-state index contributed by atoms with van der Waals surface area (Å²) in [6.45, 7) is -0.552. The van der Waals surface area contributed by atoms with Crippen molar-refractivity contribution in [2.24, 2.45) is 0 Å². The molecule has 0 bridgehead atoms. The molecule has 0 aromatic heterocycles. The molecule has 0 aromatic rings. The molecule has 5 nitrogen and oxygen atoms in total. The fourth-order valence-corrected chi connectivity index (χ4v) is 0.705. The maximum Gasteiger partial charge on any atom is 0.151 e. The predicted molar refractivity (Wildman–Crippen MR) is 36.0 cm³/mol. The second-order valence-corrected chi connectivity index (χ2v) is 2.08. The maximum atomic E-state index is 10.0. The van der Waals surface area contributed by atoms with Gasteiger partial charge in [0.1, 0.15) is 18.3 Å². The van der Waals surface area contributed by atoms with Crippen LogP contribution in [-0.2, 0) is 9.53 Å². The Kier molecular flexibility index (Phi) is 4.97. The topological polar surface area (TPSA) is 87.0 Å². The first-order valence-corrected chi connectivity index (χ1v) is 3.12. The van der Waals surface area contributed by atoms with Crippen molar-refractivity contribution in [3.8, 4) is 0 Å². The van der Waals surface area contributed by atoms with Crippen LogP contribution in [-0.4, -0.2) is 53.6 Å². The molecule has 0 radical (unpaired) electrons. The van der Waals surface area contributed by atoms with Crippen LogP contribution in [0.15, 0.2) is 0 Å². The van der Waals surface area contributed by atoms with Gasteiger partial charge in [0.2, 0.25) is 0 Å². The van der Waals surface area contributed by atoms with Crippen molar-refractivity contribution >= 4 is 6.29 Å². The van der Waals surface area contributed by atoms with Crippen LogP contribution in [0.4, 0.5) is 0 Å². The zero-order chi connectivity index (χ0) is 8.85. The Balaban J connectivity index is 4.02. The molecule has 0 aliphatic carbocycles. The smallest absolute Gasteiger partial charge is 0.151 e. The third-order valence-electron chi connectivity index (χ3n) is 1.31. The van der Waals surface area contributed by atoms with Crippen molar-refractivity contribution in [2.75, 3.05) is 13.7 Å². The highest BCUT2D eigenvalue weighted by molar-refractivity contribution is 5.56. The Morgan fingerprint density at radius 2 is 2.09 bits per heavy atom. The van der Waals surface area contributed by atoms with Crippen LogP contribution in [0.3, 0.4) is 0 Å². The van der Waals surface area contributed by atoms with E-state index >= 15 is 0 Å². The molecule has 66 valence electrons. The molecule has 11 heavy (non-hydrogen) atoms. The van der Waals surface area contributed by atoms with Crippen LogP contribution < -0.4 is 0 Å². The second-order valence-electron chi connectivity index (χ2n) is 2.08. The highest BCUT2D eigenvalue weighted by Crippen LogP contribution is 2.01. The Morgan fingerprint density at radius 1 is 1.55 bits per heavy atom. The van der Waals surface area contributed by atoms with Gasteiger partial charge >= 0.3 is 0 Å². The van der Waals surface area contributed by atoms with E-state index in [0.29, 0.717) is 0 Å². The largest absolute Gasteiger partial charge is 0.394 e. The van der Waals surface area contributed by atoms with Gasteiger partial charge < -0.3 is 24.9 Å². The average molecular weight is 164 g/mol. The summed E-state index contributed by atoms with van der Waals surface area (Å²) in [7, 11) is 1.23. The number of methoxy groups -OCH3 is 1. The van der Waals surface area contributed by atoms with Crippen molar-refractivity contribution in [2.45, 2.75) is 18.3 Å². The van der Waals surface area contributed by atoms with Crippen LogP contribution >= 0.6 is 0 Å². The first-order chi connectivity index (χ1) is 5.17. The third-order valence-corrected chi connectivity index (χ3v) is 1.31. The van der Waals surface area contributed by atoms with Gasteiger partial charge in [-0.3, -0.25) is 0 Å². The summed E-state index contributed by atoms with van der Waals surface area (Å²) in [6.07, 6.45) is -3.45. The van der Waals surface area contributed by atoms with E-state index in [2.05, 4.69) is 4.74 Å². The Hall–Kier alpha value is -0.490. The first-order valence-electron chi connectivity index (χ1n) is 3.12. The minimum absolute atomic E-state index is 0.243. The minimum atomic E-state index is -1.40. The fraction of sp³-hybridized carbons (Fsp3) is 0.833. The van der Waals surface area contributed by atoms with Gasteiger partial charge in [-0.05, 0) is 0 Å². The van der Waals surface area contributed by atoms with Gasteiger partial charge in [0.25, 0.3) is 0 Å². The van der Waals surface area contributed by atoms with E-state index in [1.165, 1.54) is 7.11 Å². The van der Waals surface area contributed by atoms with E-state index in [-0.39, 0.29) is 6.29 Å². The van der Waals surface area contributed by atoms with Crippen molar-refractivity contribution in [1.82, 2.24) is 0 Å². The predicted octanol–water partition coefficient (Wildman–Crippen LogP) is -2.09. The van der Waals surface area contributed by atoms with Crippen molar-refractivity contribution < 1.29 is 24.9 Å². The molecule has 0 fully saturated rings. The second kappa shape index (κ2) is 5.20. The van der Waals surface area contributed by atoms with E-state index in [4.69, 9.17) is 15.3 Å². The van der Waals surface area contributed by atoms with E-state index in [9.17, 15) is 4.79 Å².